The average molecular weight is 626 g/mol. The second-order valence-corrected chi connectivity index (χ2v) is 13.1. The maximum atomic E-state index is 14.6. The Hall–Kier alpha value is -2.57. The van der Waals surface area contributed by atoms with Gasteiger partial charge in [-0.1, -0.05) is 61.8 Å². The quantitative estimate of drug-likeness (QED) is 0.221. The molecule has 1 heterocycles. The van der Waals surface area contributed by atoms with Crippen molar-refractivity contribution in [1.82, 2.24) is 25.3 Å². The fourth-order valence-electron chi connectivity index (χ4n) is 6.41. The SMILES string of the molecule is CCC(C)C(C(CC(=O)N1CCCC1C(=O)O)OC)N(C)C(=O)[C@H](C(C)C)N(C(=O)[C@@H](NC)C(C)C)C(=O)[C@@H](NC)C(C)C. The van der Waals surface area contributed by atoms with Crippen LogP contribution < -0.4 is 10.6 Å². The van der Waals surface area contributed by atoms with Gasteiger partial charge in [-0.3, -0.25) is 24.1 Å². The molecule has 0 aromatic rings. The van der Waals surface area contributed by atoms with Crippen molar-refractivity contribution in [3.63, 3.8) is 0 Å². The summed E-state index contributed by atoms with van der Waals surface area (Å²) < 4.78 is 5.85. The Kier molecular flexibility index (Phi) is 16.0. The number of carboxylic acids is 1. The smallest absolute Gasteiger partial charge is 0.326 e. The molecule has 0 spiro atoms. The Balaban J connectivity index is 3.63. The number of nitrogens with one attached hydrogen (secondary N) is 2. The van der Waals surface area contributed by atoms with Gasteiger partial charge in [0.15, 0.2) is 0 Å². The van der Waals surface area contributed by atoms with E-state index in [9.17, 15) is 29.1 Å². The number of hydrogen-bond donors (Lipinski definition) is 3. The second-order valence-electron chi connectivity index (χ2n) is 13.1. The van der Waals surface area contributed by atoms with Gasteiger partial charge in [0.25, 0.3) is 0 Å². The number of imide groups is 1. The van der Waals surface area contributed by atoms with E-state index in [1.165, 1.54) is 16.9 Å². The van der Waals surface area contributed by atoms with Gasteiger partial charge in [-0.15, -0.1) is 0 Å². The maximum Gasteiger partial charge on any atom is 0.326 e. The topological polar surface area (TPSA) is 149 Å². The zero-order valence-electron chi connectivity index (χ0n) is 29.0. The Morgan fingerprint density at radius 1 is 0.886 bits per heavy atom. The first kappa shape index (κ1) is 39.5. The summed E-state index contributed by atoms with van der Waals surface area (Å²) in [7, 11) is 6.43. The molecule has 0 aliphatic carbocycles. The zero-order chi connectivity index (χ0) is 34.0. The summed E-state index contributed by atoms with van der Waals surface area (Å²) in [6.07, 6.45) is 0.820. The van der Waals surface area contributed by atoms with Crippen LogP contribution in [0, 0.1) is 23.7 Å². The largest absolute Gasteiger partial charge is 0.480 e. The van der Waals surface area contributed by atoms with E-state index in [-0.39, 0.29) is 30.1 Å². The number of rotatable bonds is 17. The van der Waals surface area contributed by atoms with Gasteiger partial charge in [0, 0.05) is 20.7 Å². The molecule has 4 amide bonds. The highest BCUT2D eigenvalue weighted by atomic mass is 16.5. The first-order valence-electron chi connectivity index (χ1n) is 16.0. The fraction of sp³-hybridized carbons (Fsp3) is 0.844. The van der Waals surface area contributed by atoms with Gasteiger partial charge >= 0.3 is 5.97 Å². The fourth-order valence-corrected chi connectivity index (χ4v) is 6.41. The number of likely N-dealkylation sites (N-methyl/N-ethyl adjacent to an activating group) is 3. The standard InChI is InChI=1S/C32H59N5O7/c1-13-21(8)28(23(44-12)17-24(38)36-16-14-15-22(36)32(42)43)35(11)31(41)27(20(6)7)37(29(39)25(33-9)18(2)3)30(40)26(34-10)19(4)5/h18-23,25-28,33-34H,13-17H2,1-12H3,(H,42,43)/t21?,22?,23?,25-,26-,27-,28?/m0/s1. The van der Waals surface area contributed by atoms with Gasteiger partial charge in [0.05, 0.1) is 30.7 Å². The second kappa shape index (κ2) is 17.8. The molecule has 0 radical (unpaired) electrons. The van der Waals surface area contributed by atoms with Crippen LogP contribution in [0.3, 0.4) is 0 Å². The number of carbonyl (C=O) groups is 5. The molecule has 1 aliphatic rings. The Morgan fingerprint density at radius 3 is 1.75 bits per heavy atom. The van der Waals surface area contributed by atoms with Crippen LogP contribution in [0.1, 0.15) is 81.1 Å². The maximum absolute atomic E-state index is 14.6. The number of aliphatic carboxylic acids is 1. The van der Waals surface area contributed by atoms with Crippen LogP contribution in [0.4, 0.5) is 0 Å². The van der Waals surface area contributed by atoms with Crippen LogP contribution >= 0.6 is 0 Å². The van der Waals surface area contributed by atoms with E-state index >= 15 is 0 Å². The molecule has 1 fully saturated rings. The molecule has 4 unspecified atom stereocenters. The molecule has 0 saturated carbocycles. The molecule has 3 N–H and O–H groups in total. The summed E-state index contributed by atoms with van der Waals surface area (Å²) in [5.74, 6) is -3.58. The summed E-state index contributed by atoms with van der Waals surface area (Å²) in [5.41, 5.74) is 0. The number of likely N-dealkylation sites (tertiary alicyclic amines) is 1. The van der Waals surface area contributed by atoms with E-state index in [0.29, 0.717) is 25.8 Å². The lowest BCUT2D eigenvalue weighted by atomic mass is 9.89. The molecule has 0 aromatic heterocycles. The summed E-state index contributed by atoms with van der Waals surface area (Å²) >= 11 is 0. The molecule has 0 bridgehead atoms. The highest BCUT2D eigenvalue weighted by Crippen LogP contribution is 2.28. The molecule has 1 rings (SSSR count). The molecule has 1 aliphatic heterocycles. The van der Waals surface area contributed by atoms with Crippen LogP contribution in [0.25, 0.3) is 0 Å². The van der Waals surface area contributed by atoms with Crippen molar-refractivity contribution in [3.8, 4) is 0 Å². The highest BCUT2D eigenvalue weighted by molar-refractivity contribution is 6.04. The number of hydrogen-bond acceptors (Lipinski definition) is 8. The summed E-state index contributed by atoms with van der Waals surface area (Å²) in [5, 5.41) is 15.7. The number of nitrogens with zero attached hydrogens (tertiary/aromatic N) is 3. The van der Waals surface area contributed by atoms with Crippen molar-refractivity contribution >= 4 is 29.6 Å². The normalized spacial score (nSPS) is 19.4. The number of carbonyl (C=O) groups excluding carboxylic acids is 4. The minimum absolute atomic E-state index is 0.106. The Morgan fingerprint density at radius 2 is 1.39 bits per heavy atom. The van der Waals surface area contributed by atoms with Crippen molar-refractivity contribution in [2.75, 3.05) is 34.8 Å². The van der Waals surface area contributed by atoms with Gasteiger partial charge < -0.3 is 30.3 Å². The van der Waals surface area contributed by atoms with E-state index in [0.717, 1.165) is 4.90 Å². The lowest BCUT2D eigenvalue weighted by Gasteiger charge is -2.43. The summed E-state index contributed by atoms with van der Waals surface area (Å²) in [6, 6.07) is -3.96. The first-order chi connectivity index (χ1) is 20.5. The lowest BCUT2D eigenvalue weighted by molar-refractivity contribution is -0.162. The third kappa shape index (κ3) is 9.23. The molecular formula is C32H59N5O7. The van der Waals surface area contributed by atoms with Crippen molar-refractivity contribution in [2.24, 2.45) is 23.7 Å². The van der Waals surface area contributed by atoms with Crippen LogP contribution in [-0.4, -0.2) is 121 Å². The monoisotopic (exact) mass is 625 g/mol. The van der Waals surface area contributed by atoms with Gasteiger partial charge in [-0.2, -0.15) is 0 Å². The first-order valence-corrected chi connectivity index (χ1v) is 16.0. The highest BCUT2D eigenvalue weighted by Gasteiger charge is 2.46. The molecule has 12 heteroatoms. The number of methoxy groups -OCH3 is 1. The predicted octanol–water partition coefficient (Wildman–Crippen LogP) is 2.21. The number of ether oxygens (including phenoxy) is 1. The van der Waals surface area contributed by atoms with Crippen LogP contribution in [0.2, 0.25) is 0 Å². The van der Waals surface area contributed by atoms with Crippen LogP contribution in [0.5, 0.6) is 0 Å². The Labute approximate surface area is 264 Å². The molecule has 254 valence electrons. The van der Waals surface area contributed by atoms with E-state index in [1.807, 2.05) is 55.4 Å². The average Bonchev–Trinajstić information content (AvgIpc) is 3.45. The third-order valence-corrected chi connectivity index (χ3v) is 9.06. The third-order valence-electron chi connectivity index (χ3n) is 9.06. The minimum atomic E-state index is -1.11. The molecule has 44 heavy (non-hydrogen) atoms. The van der Waals surface area contributed by atoms with Crippen LogP contribution in [0.15, 0.2) is 0 Å². The van der Waals surface area contributed by atoms with Crippen LogP contribution in [-0.2, 0) is 28.7 Å². The molecule has 7 atom stereocenters. The van der Waals surface area contributed by atoms with E-state index in [2.05, 4.69) is 10.6 Å². The van der Waals surface area contributed by atoms with E-state index in [4.69, 9.17) is 4.74 Å². The van der Waals surface area contributed by atoms with E-state index < -0.39 is 65.9 Å². The molecule has 12 nitrogen and oxygen atoms in total. The molecular weight excluding hydrogens is 566 g/mol. The number of carboxylic acid groups (broad SMARTS) is 1. The zero-order valence-corrected chi connectivity index (χ0v) is 29.0. The summed E-state index contributed by atoms with van der Waals surface area (Å²) in [6.45, 7) is 15.4. The lowest BCUT2D eigenvalue weighted by Crippen LogP contribution is -2.65. The van der Waals surface area contributed by atoms with E-state index in [1.54, 1.807) is 21.1 Å². The number of amides is 4. The predicted molar refractivity (Wildman–Crippen MR) is 170 cm³/mol. The van der Waals surface area contributed by atoms with Gasteiger partial charge in [0.2, 0.25) is 23.6 Å². The van der Waals surface area contributed by atoms with Crippen molar-refractivity contribution in [3.05, 3.63) is 0 Å². The van der Waals surface area contributed by atoms with Gasteiger partial charge in [-0.05, 0) is 50.6 Å². The van der Waals surface area contributed by atoms with Crippen molar-refractivity contribution in [1.29, 1.82) is 0 Å². The van der Waals surface area contributed by atoms with Gasteiger partial charge in [-0.25, -0.2) is 4.79 Å². The van der Waals surface area contributed by atoms with Crippen molar-refractivity contribution in [2.45, 2.75) is 117 Å². The minimum Gasteiger partial charge on any atom is -0.480 e. The van der Waals surface area contributed by atoms with Crippen molar-refractivity contribution < 1.29 is 33.8 Å². The summed E-state index contributed by atoms with van der Waals surface area (Å²) in [4.78, 5) is 72.0. The molecule has 1 saturated heterocycles. The Bertz CT molecular complexity index is 960. The van der Waals surface area contributed by atoms with Gasteiger partial charge in [0.1, 0.15) is 12.1 Å². The molecule has 0 aromatic carbocycles.